The van der Waals surface area contributed by atoms with Crippen LogP contribution in [0.1, 0.15) is 37.7 Å². The molecule has 1 aromatic rings. The number of nitrogens with zero attached hydrogens (tertiary/aromatic N) is 1. The van der Waals surface area contributed by atoms with Crippen molar-refractivity contribution in [3.63, 3.8) is 0 Å². The Hall–Kier alpha value is -0.820. The lowest BCUT2D eigenvalue weighted by atomic mass is 9.55. The van der Waals surface area contributed by atoms with Gasteiger partial charge in [0.2, 0.25) is 0 Å². The van der Waals surface area contributed by atoms with E-state index in [4.69, 9.17) is 0 Å². The Balaban J connectivity index is 1.71. The summed E-state index contributed by atoms with van der Waals surface area (Å²) in [5.41, 5.74) is 2.33. The first-order valence-electron chi connectivity index (χ1n) is 7.54. The Labute approximate surface area is 110 Å². The van der Waals surface area contributed by atoms with Gasteiger partial charge >= 0.3 is 0 Å². The van der Waals surface area contributed by atoms with Crippen LogP contribution in [-0.4, -0.2) is 24.5 Å². The molecule has 3 fully saturated rings. The van der Waals surface area contributed by atoms with Crippen LogP contribution in [0.2, 0.25) is 0 Å². The van der Waals surface area contributed by atoms with Crippen LogP contribution in [0.3, 0.4) is 0 Å². The van der Waals surface area contributed by atoms with Crippen molar-refractivity contribution in [3.8, 4) is 0 Å². The molecule has 1 spiro atoms. The van der Waals surface area contributed by atoms with Crippen LogP contribution >= 0.6 is 0 Å². The molecular formula is C17H23N. The van der Waals surface area contributed by atoms with E-state index in [-0.39, 0.29) is 0 Å². The van der Waals surface area contributed by atoms with Crippen molar-refractivity contribution in [2.75, 3.05) is 13.6 Å². The molecule has 3 saturated carbocycles. The van der Waals surface area contributed by atoms with Crippen LogP contribution in [0.25, 0.3) is 0 Å². The van der Waals surface area contributed by atoms with Crippen molar-refractivity contribution < 1.29 is 0 Å². The summed E-state index contributed by atoms with van der Waals surface area (Å²) in [6.07, 6.45) is 4.51. The zero-order valence-electron chi connectivity index (χ0n) is 11.5. The minimum atomic E-state index is 0.732. The van der Waals surface area contributed by atoms with Gasteiger partial charge in [0.15, 0.2) is 0 Å². The van der Waals surface area contributed by atoms with E-state index >= 15 is 0 Å². The maximum atomic E-state index is 2.61. The molecule has 0 saturated heterocycles. The third kappa shape index (κ3) is 1.17. The third-order valence-electron chi connectivity index (χ3n) is 6.22. The third-order valence-corrected chi connectivity index (χ3v) is 6.22. The topological polar surface area (TPSA) is 3.24 Å². The highest BCUT2D eigenvalue weighted by molar-refractivity contribution is 5.38. The summed E-state index contributed by atoms with van der Waals surface area (Å²) in [4.78, 5) is 2.61. The van der Waals surface area contributed by atoms with Crippen molar-refractivity contribution in [1.29, 1.82) is 0 Å². The van der Waals surface area contributed by atoms with E-state index in [1.807, 2.05) is 0 Å². The molecule has 0 heterocycles. The Morgan fingerprint density at radius 1 is 1.22 bits per heavy atom. The minimum absolute atomic E-state index is 0.732. The number of likely N-dealkylation sites (N-methyl/N-ethyl adjacent to an activating group) is 1. The zero-order valence-corrected chi connectivity index (χ0v) is 11.5. The van der Waals surface area contributed by atoms with Gasteiger partial charge < -0.3 is 4.90 Å². The largest absolute Gasteiger partial charge is 0.303 e. The normalized spacial score (nSPS) is 44.4. The average molecular weight is 241 g/mol. The van der Waals surface area contributed by atoms with Crippen molar-refractivity contribution in [3.05, 3.63) is 35.9 Å². The van der Waals surface area contributed by atoms with Crippen LogP contribution in [-0.2, 0) is 0 Å². The van der Waals surface area contributed by atoms with Crippen LogP contribution in [0.4, 0.5) is 0 Å². The molecule has 0 N–H and O–H groups in total. The first kappa shape index (κ1) is 11.0. The standard InChI is InChI=1S/C17H23N/c1-3-18(2)16-14-10-9-13-11-17(13,14)15(16)12-7-5-4-6-8-12/h4-8,13-16H,3,9-11H2,1-2H3. The van der Waals surface area contributed by atoms with Gasteiger partial charge in [0.25, 0.3) is 0 Å². The predicted molar refractivity (Wildman–Crippen MR) is 74.5 cm³/mol. The summed E-state index contributed by atoms with van der Waals surface area (Å²) < 4.78 is 0. The van der Waals surface area contributed by atoms with Gasteiger partial charge in [-0.1, -0.05) is 37.3 Å². The molecule has 0 amide bonds. The zero-order chi connectivity index (χ0) is 12.3. The summed E-state index contributed by atoms with van der Waals surface area (Å²) in [6, 6.07) is 12.1. The Morgan fingerprint density at radius 2 is 2.00 bits per heavy atom. The summed E-state index contributed by atoms with van der Waals surface area (Å²) in [7, 11) is 2.32. The van der Waals surface area contributed by atoms with Gasteiger partial charge in [0.1, 0.15) is 0 Å². The van der Waals surface area contributed by atoms with E-state index in [0.29, 0.717) is 0 Å². The molecule has 0 radical (unpaired) electrons. The highest BCUT2D eigenvalue weighted by atomic mass is 15.2. The van der Waals surface area contributed by atoms with E-state index in [1.165, 1.54) is 25.8 Å². The number of hydrogen-bond donors (Lipinski definition) is 0. The van der Waals surface area contributed by atoms with Gasteiger partial charge in [0.05, 0.1) is 0 Å². The molecule has 5 unspecified atom stereocenters. The Morgan fingerprint density at radius 3 is 2.67 bits per heavy atom. The minimum Gasteiger partial charge on any atom is -0.303 e. The van der Waals surface area contributed by atoms with Crippen LogP contribution in [0, 0.1) is 17.3 Å². The second-order valence-corrected chi connectivity index (χ2v) is 6.65. The SMILES string of the molecule is CCN(C)C1C2CCC3CC32C1c1ccccc1. The van der Waals surface area contributed by atoms with Crippen molar-refractivity contribution >= 4 is 0 Å². The van der Waals surface area contributed by atoms with Crippen molar-refractivity contribution in [2.45, 2.75) is 38.1 Å². The summed E-state index contributed by atoms with van der Waals surface area (Å²) in [5, 5.41) is 0. The highest BCUT2D eigenvalue weighted by Crippen LogP contribution is 2.81. The van der Waals surface area contributed by atoms with Crippen LogP contribution in [0.5, 0.6) is 0 Å². The molecule has 0 bridgehead atoms. The average Bonchev–Trinajstić information content (AvgIpc) is 3.07. The van der Waals surface area contributed by atoms with E-state index < -0.39 is 0 Å². The Bertz CT molecular complexity index is 454. The summed E-state index contributed by atoms with van der Waals surface area (Å²) in [6.45, 7) is 3.48. The number of rotatable bonds is 3. The lowest BCUT2D eigenvalue weighted by Crippen LogP contribution is -2.57. The van der Waals surface area contributed by atoms with Crippen LogP contribution in [0.15, 0.2) is 30.3 Å². The lowest BCUT2D eigenvalue weighted by Gasteiger charge is -2.56. The molecule has 18 heavy (non-hydrogen) atoms. The lowest BCUT2D eigenvalue weighted by molar-refractivity contribution is -0.0192. The van der Waals surface area contributed by atoms with Gasteiger partial charge in [-0.3, -0.25) is 0 Å². The summed E-state index contributed by atoms with van der Waals surface area (Å²) >= 11 is 0. The molecule has 4 rings (SSSR count). The maximum absolute atomic E-state index is 2.61. The second-order valence-electron chi connectivity index (χ2n) is 6.65. The smallest absolute Gasteiger partial charge is 0.0200 e. The molecular weight excluding hydrogens is 218 g/mol. The fraction of sp³-hybridized carbons (Fsp3) is 0.647. The monoisotopic (exact) mass is 241 g/mol. The van der Waals surface area contributed by atoms with Gasteiger partial charge in [-0.15, -0.1) is 0 Å². The highest BCUT2D eigenvalue weighted by Gasteiger charge is 2.76. The fourth-order valence-corrected chi connectivity index (χ4v) is 5.31. The predicted octanol–water partition coefficient (Wildman–Crippen LogP) is 3.52. The molecule has 96 valence electrons. The molecule has 5 atom stereocenters. The van der Waals surface area contributed by atoms with E-state index in [2.05, 4.69) is 49.2 Å². The van der Waals surface area contributed by atoms with E-state index in [0.717, 1.165) is 29.2 Å². The molecule has 1 nitrogen and oxygen atoms in total. The fourth-order valence-electron chi connectivity index (χ4n) is 5.31. The number of hydrogen-bond acceptors (Lipinski definition) is 1. The van der Waals surface area contributed by atoms with Gasteiger partial charge in [-0.05, 0) is 55.7 Å². The molecule has 0 aliphatic heterocycles. The van der Waals surface area contributed by atoms with E-state index in [1.54, 1.807) is 5.56 Å². The summed E-state index contributed by atoms with van der Waals surface area (Å²) in [5.74, 6) is 2.88. The molecule has 3 aliphatic rings. The molecule has 1 aromatic carbocycles. The number of benzene rings is 1. The first-order chi connectivity index (χ1) is 8.79. The Kier molecular flexibility index (Phi) is 2.21. The first-order valence-corrected chi connectivity index (χ1v) is 7.54. The van der Waals surface area contributed by atoms with Crippen LogP contribution < -0.4 is 0 Å². The van der Waals surface area contributed by atoms with Crippen molar-refractivity contribution in [2.24, 2.45) is 17.3 Å². The molecule has 1 heteroatoms. The van der Waals surface area contributed by atoms with Gasteiger partial charge in [-0.2, -0.15) is 0 Å². The maximum Gasteiger partial charge on any atom is 0.0200 e. The van der Waals surface area contributed by atoms with E-state index in [9.17, 15) is 0 Å². The molecule has 3 aliphatic carbocycles. The molecule has 0 aromatic heterocycles. The van der Waals surface area contributed by atoms with Gasteiger partial charge in [0, 0.05) is 12.0 Å². The van der Waals surface area contributed by atoms with Crippen molar-refractivity contribution in [1.82, 2.24) is 4.90 Å². The van der Waals surface area contributed by atoms with Gasteiger partial charge in [-0.25, -0.2) is 0 Å². The quantitative estimate of drug-likeness (QED) is 0.782. The second kappa shape index (κ2) is 3.60.